The molecular formula is C11H11BF3KN2O. The van der Waals surface area contributed by atoms with Crippen LogP contribution in [-0.4, -0.2) is 23.4 Å². The van der Waals surface area contributed by atoms with Gasteiger partial charge in [0.2, 0.25) is 0 Å². The van der Waals surface area contributed by atoms with Gasteiger partial charge in [0.25, 0.3) is 0 Å². The second-order valence-electron chi connectivity index (χ2n) is 3.76. The number of benzene rings is 1. The summed E-state index contributed by atoms with van der Waals surface area (Å²) in [5, 5.41) is 3.96. The Morgan fingerprint density at radius 1 is 1.21 bits per heavy atom. The molecule has 0 saturated carbocycles. The fourth-order valence-electron chi connectivity index (χ4n) is 1.50. The van der Waals surface area contributed by atoms with Gasteiger partial charge in [-0.1, -0.05) is 12.1 Å². The van der Waals surface area contributed by atoms with E-state index in [9.17, 15) is 12.9 Å². The Morgan fingerprint density at radius 3 is 2.63 bits per heavy atom. The van der Waals surface area contributed by atoms with Crippen LogP contribution in [0.4, 0.5) is 12.9 Å². The molecule has 1 heterocycles. The van der Waals surface area contributed by atoms with Crippen LogP contribution < -0.4 is 61.6 Å². The van der Waals surface area contributed by atoms with Crippen LogP contribution >= 0.6 is 0 Å². The Labute approximate surface area is 151 Å². The molecule has 0 aliphatic heterocycles. The van der Waals surface area contributed by atoms with Crippen molar-refractivity contribution in [3.63, 3.8) is 0 Å². The molecule has 0 bridgehead atoms. The fourth-order valence-corrected chi connectivity index (χ4v) is 1.50. The minimum Gasteiger partial charge on any atom is -0.492 e. The maximum Gasteiger partial charge on any atom is 1.00 e. The second kappa shape index (κ2) is 7.49. The summed E-state index contributed by atoms with van der Waals surface area (Å²) in [6.07, 6.45) is 3.39. The zero-order valence-corrected chi connectivity index (χ0v) is 13.6. The summed E-state index contributed by atoms with van der Waals surface area (Å²) in [5.41, 5.74) is -0.647. The second-order valence-corrected chi connectivity index (χ2v) is 3.76. The van der Waals surface area contributed by atoms with Crippen molar-refractivity contribution in [1.82, 2.24) is 9.78 Å². The van der Waals surface area contributed by atoms with E-state index in [1.165, 1.54) is 12.1 Å². The largest absolute Gasteiger partial charge is 1.00 e. The van der Waals surface area contributed by atoms with Crippen LogP contribution in [0.15, 0.2) is 42.7 Å². The maximum atomic E-state index is 12.5. The molecule has 1 aromatic heterocycles. The molecular weight excluding hydrogens is 283 g/mol. The van der Waals surface area contributed by atoms with Crippen molar-refractivity contribution in [3.05, 3.63) is 42.7 Å². The van der Waals surface area contributed by atoms with Crippen molar-refractivity contribution < 1.29 is 69.1 Å². The molecule has 2 rings (SSSR count). The van der Waals surface area contributed by atoms with E-state index in [-0.39, 0.29) is 63.7 Å². The zero-order valence-electron chi connectivity index (χ0n) is 10.5. The molecule has 2 aromatic rings. The molecule has 0 aliphatic carbocycles. The first-order chi connectivity index (χ1) is 8.55. The summed E-state index contributed by atoms with van der Waals surface area (Å²) in [4.78, 5) is 0. The zero-order chi connectivity index (χ0) is 13.0. The number of aromatic nitrogens is 2. The molecule has 0 saturated heterocycles. The van der Waals surface area contributed by atoms with Crippen molar-refractivity contribution in [2.75, 3.05) is 6.61 Å². The smallest absolute Gasteiger partial charge is 0.492 e. The molecule has 0 aliphatic rings. The van der Waals surface area contributed by atoms with Gasteiger partial charge in [-0.2, -0.15) is 5.10 Å². The van der Waals surface area contributed by atoms with Gasteiger partial charge in [-0.25, -0.2) is 0 Å². The van der Waals surface area contributed by atoms with E-state index < -0.39 is 12.4 Å². The van der Waals surface area contributed by atoms with Crippen LogP contribution in [-0.2, 0) is 6.54 Å². The Bertz CT molecular complexity index is 505. The van der Waals surface area contributed by atoms with E-state index in [1.54, 1.807) is 23.1 Å². The van der Waals surface area contributed by atoms with Crippen molar-refractivity contribution >= 4 is 12.4 Å². The Morgan fingerprint density at radius 2 is 2.00 bits per heavy atom. The number of halogens is 3. The molecule has 19 heavy (non-hydrogen) atoms. The molecule has 0 unspecified atom stereocenters. The van der Waals surface area contributed by atoms with Gasteiger partial charge in [-0.3, -0.25) is 4.68 Å². The topological polar surface area (TPSA) is 27.1 Å². The van der Waals surface area contributed by atoms with Crippen molar-refractivity contribution in [1.29, 1.82) is 0 Å². The summed E-state index contributed by atoms with van der Waals surface area (Å²) in [6.45, 7) is -4.21. The van der Waals surface area contributed by atoms with Crippen molar-refractivity contribution in [2.45, 2.75) is 6.54 Å². The number of ether oxygens (including phenoxy) is 1. The van der Waals surface area contributed by atoms with Crippen LogP contribution in [0.1, 0.15) is 0 Å². The summed E-state index contributed by atoms with van der Waals surface area (Å²) in [5.74, 6) is 0.221. The SMILES string of the molecule is F[B-](F)(F)c1cccc(OCCn2cccn2)c1.[K+]. The number of rotatable bonds is 5. The Kier molecular flexibility index (Phi) is 6.61. The van der Waals surface area contributed by atoms with Gasteiger partial charge in [0.15, 0.2) is 0 Å². The molecule has 1 aromatic carbocycles. The van der Waals surface area contributed by atoms with Gasteiger partial charge in [0.05, 0.1) is 6.54 Å². The van der Waals surface area contributed by atoms with Crippen LogP contribution in [0, 0.1) is 0 Å². The molecule has 3 nitrogen and oxygen atoms in total. The van der Waals surface area contributed by atoms with Crippen LogP contribution in [0.25, 0.3) is 0 Å². The first-order valence-corrected chi connectivity index (χ1v) is 5.46. The third kappa shape index (κ3) is 5.31. The average Bonchev–Trinajstić information content (AvgIpc) is 2.81. The van der Waals surface area contributed by atoms with Gasteiger partial charge >= 0.3 is 58.4 Å². The summed E-state index contributed by atoms with van der Waals surface area (Å²) in [7, 11) is 0. The van der Waals surface area contributed by atoms with Crippen LogP contribution in [0.3, 0.4) is 0 Å². The van der Waals surface area contributed by atoms with Gasteiger partial charge in [-0.05, 0) is 18.2 Å². The quantitative estimate of drug-likeness (QED) is 0.663. The molecule has 0 N–H and O–H groups in total. The number of hydrogen-bond acceptors (Lipinski definition) is 2. The first-order valence-electron chi connectivity index (χ1n) is 5.46. The van der Waals surface area contributed by atoms with E-state index in [0.717, 1.165) is 12.1 Å². The standard InChI is InChI=1S/C11H11BF3N2O.K/c13-12(14,15)10-3-1-4-11(9-10)18-8-7-17-6-2-5-16-17;/h1-6,9H,7-8H2;/q-1;+1. The molecule has 0 fully saturated rings. The predicted octanol–water partition coefficient (Wildman–Crippen LogP) is -0.980. The third-order valence-corrected chi connectivity index (χ3v) is 2.38. The number of nitrogens with zero attached hydrogens (tertiary/aromatic N) is 2. The van der Waals surface area contributed by atoms with E-state index in [4.69, 9.17) is 4.74 Å². The van der Waals surface area contributed by atoms with Gasteiger partial charge in [-0.15, -0.1) is 5.46 Å². The van der Waals surface area contributed by atoms with E-state index >= 15 is 0 Å². The third-order valence-electron chi connectivity index (χ3n) is 2.38. The fraction of sp³-hybridized carbons (Fsp3) is 0.182. The molecule has 0 amide bonds. The molecule has 0 radical (unpaired) electrons. The normalized spacial score (nSPS) is 10.9. The minimum atomic E-state index is -4.98. The van der Waals surface area contributed by atoms with Gasteiger partial charge in [0, 0.05) is 12.4 Å². The van der Waals surface area contributed by atoms with E-state index in [2.05, 4.69) is 5.10 Å². The Hall–Kier alpha value is -0.279. The van der Waals surface area contributed by atoms with Crippen molar-refractivity contribution in [3.8, 4) is 5.75 Å². The Balaban J connectivity index is 0.00000180. The first kappa shape index (κ1) is 16.8. The minimum absolute atomic E-state index is 0. The van der Waals surface area contributed by atoms with Gasteiger partial charge in [0.1, 0.15) is 12.4 Å². The molecule has 8 heteroatoms. The summed E-state index contributed by atoms with van der Waals surface area (Å²) < 4.78 is 44.4. The van der Waals surface area contributed by atoms with Gasteiger partial charge < -0.3 is 17.7 Å². The average molecular weight is 294 g/mol. The van der Waals surface area contributed by atoms with Crippen molar-refractivity contribution in [2.24, 2.45) is 0 Å². The van der Waals surface area contributed by atoms with E-state index in [1.807, 2.05) is 0 Å². The predicted molar refractivity (Wildman–Crippen MR) is 62.9 cm³/mol. The molecule has 0 atom stereocenters. The molecule has 96 valence electrons. The van der Waals surface area contributed by atoms with Crippen LogP contribution in [0.2, 0.25) is 0 Å². The number of hydrogen-bond donors (Lipinski definition) is 0. The molecule has 0 spiro atoms. The van der Waals surface area contributed by atoms with E-state index in [0.29, 0.717) is 6.54 Å². The summed E-state index contributed by atoms with van der Waals surface area (Å²) in [6, 6.07) is 6.68. The maximum absolute atomic E-state index is 12.5. The monoisotopic (exact) mass is 294 g/mol. The summed E-state index contributed by atoms with van der Waals surface area (Å²) >= 11 is 0. The van der Waals surface area contributed by atoms with Crippen LogP contribution in [0.5, 0.6) is 5.75 Å².